The minimum atomic E-state index is -0.458. The van der Waals surface area contributed by atoms with Crippen LogP contribution in [0, 0.1) is 5.82 Å². The number of halogens is 1. The van der Waals surface area contributed by atoms with Crippen LogP contribution in [0.4, 0.5) is 4.39 Å². The Balaban J connectivity index is 1.57. The van der Waals surface area contributed by atoms with Crippen molar-refractivity contribution >= 4 is 16.7 Å². The molecule has 10 heteroatoms. The van der Waals surface area contributed by atoms with Gasteiger partial charge in [-0.15, -0.1) is 0 Å². The minimum absolute atomic E-state index is 0.00575. The van der Waals surface area contributed by atoms with E-state index in [0.717, 1.165) is 18.7 Å². The second-order valence-electron chi connectivity index (χ2n) is 8.49. The van der Waals surface area contributed by atoms with Gasteiger partial charge in [0.25, 0.3) is 0 Å². The number of nitrogens with zero attached hydrogens (tertiary/aromatic N) is 6. The first-order valence-electron chi connectivity index (χ1n) is 10.8. The highest BCUT2D eigenvalue weighted by Gasteiger charge is 2.23. The number of ether oxygens (including phenoxy) is 2. The first-order chi connectivity index (χ1) is 15.9. The van der Waals surface area contributed by atoms with Crippen molar-refractivity contribution in [2.45, 2.75) is 39.1 Å². The Kier molecular flexibility index (Phi) is 5.55. The molecule has 1 aliphatic rings. The van der Waals surface area contributed by atoms with E-state index in [4.69, 9.17) is 9.47 Å². The molecule has 3 aromatic heterocycles. The molecule has 0 unspecified atom stereocenters. The van der Waals surface area contributed by atoms with Gasteiger partial charge in [-0.1, -0.05) is 6.07 Å². The van der Waals surface area contributed by atoms with E-state index < -0.39 is 11.5 Å². The molecule has 1 saturated heterocycles. The van der Waals surface area contributed by atoms with E-state index in [9.17, 15) is 9.18 Å². The Morgan fingerprint density at radius 1 is 1.12 bits per heavy atom. The number of hydrogen-bond acceptors (Lipinski definition) is 7. The number of morpholine rings is 1. The maximum Gasteiger partial charge on any atom is 0.352 e. The lowest BCUT2D eigenvalue weighted by Crippen LogP contribution is -2.44. The molecule has 0 radical (unpaired) electrons. The summed E-state index contributed by atoms with van der Waals surface area (Å²) in [6.45, 7) is 6.51. The van der Waals surface area contributed by atoms with Crippen LogP contribution in [0.2, 0.25) is 0 Å². The van der Waals surface area contributed by atoms with Crippen LogP contribution in [-0.2, 0) is 17.8 Å². The summed E-state index contributed by atoms with van der Waals surface area (Å²) in [5.74, 6) is -0.0463. The fourth-order valence-corrected chi connectivity index (χ4v) is 4.50. The molecular formula is C23H25FN6O3. The van der Waals surface area contributed by atoms with E-state index in [2.05, 4.69) is 33.8 Å². The highest BCUT2D eigenvalue weighted by molar-refractivity contribution is 5.89. The van der Waals surface area contributed by atoms with Crippen LogP contribution in [0.15, 0.2) is 41.6 Å². The average molecular weight is 452 g/mol. The van der Waals surface area contributed by atoms with E-state index in [1.165, 1.54) is 28.6 Å². The third-order valence-electron chi connectivity index (χ3n) is 5.87. The van der Waals surface area contributed by atoms with E-state index in [-0.39, 0.29) is 18.8 Å². The Bertz CT molecular complexity index is 1370. The smallest absolute Gasteiger partial charge is 0.352 e. The zero-order valence-electron chi connectivity index (χ0n) is 18.7. The Labute approximate surface area is 189 Å². The molecule has 4 aromatic rings. The second-order valence-corrected chi connectivity index (χ2v) is 8.49. The van der Waals surface area contributed by atoms with Crippen molar-refractivity contribution in [2.75, 3.05) is 20.2 Å². The maximum atomic E-state index is 14.6. The fraction of sp³-hybridized carbons (Fsp3) is 0.391. The number of methoxy groups -OCH3 is 1. The monoisotopic (exact) mass is 452 g/mol. The molecule has 0 amide bonds. The fourth-order valence-electron chi connectivity index (χ4n) is 4.50. The van der Waals surface area contributed by atoms with Gasteiger partial charge in [-0.2, -0.15) is 9.61 Å². The van der Waals surface area contributed by atoms with Gasteiger partial charge >= 0.3 is 5.69 Å². The second kappa shape index (κ2) is 8.53. The summed E-state index contributed by atoms with van der Waals surface area (Å²) in [6, 6.07) is 6.55. The predicted octanol–water partition coefficient (Wildman–Crippen LogP) is 2.24. The van der Waals surface area contributed by atoms with Gasteiger partial charge in [-0.05, 0) is 31.5 Å². The van der Waals surface area contributed by atoms with Gasteiger partial charge in [0, 0.05) is 37.5 Å². The van der Waals surface area contributed by atoms with Gasteiger partial charge in [0.05, 0.1) is 31.2 Å². The van der Waals surface area contributed by atoms with E-state index in [1.54, 1.807) is 18.3 Å². The van der Waals surface area contributed by atoms with Crippen molar-refractivity contribution in [3.63, 3.8) is 0 Å². The molecule has 172 valence electrons. The van der Waals surface area contributed by atoms with Crippen LogP contribution in [0.25, 0.3) is 16.7 Å². The molecule has 9 nitrogen and oxygen atoms in total. The molecule has 0 spiro atoms. The molecule has 1 aliphatic heterocycles. The van der Waals surface area contributed by atoms with Crippen molar-refractivity contribution in [3.05, 3.63) is 64.2 Å². The Morgan fingerprint density at radius 2 is 1.91 bits per heavy atom. The predicted molar refractivity (Wildman–Crippen MR) is 120 cm³/mol. The first-order valence-corrected chi connectivity index (χ1v) is 10.8. The van der Waals surface area contributed by atoms with E-state index in [1.807, 2.05) is 6.07 Å². The molecule has 5 rings (SSSR count). The molecule has 1 aromatic carbocycles. The van der Waals surface area contributed by atoms with Crippen LogP contribution in [-0.4, -0.2) is 61.5 Å². The highest BCUT2D eigenvalue weighted by atomic mass is 19.1. The zero-order chi connectivity index (χ0) is 23.1. The van der Waals surface area contributed by atoms with Gasteiger partial charge in [0.1, 0.15) is 23.5 Å². The molecule has 0 saturated carbocycles. The number of rotatable bonds is 5. The van der Waals surface area contributed by atoms with Crippen molar-refractivity contribution in [1.29, 1.82) is 0 Å². The van der Waals surface area contributed by atoms with Gasteiger partial charge in [0.15, 0.2) is 5.65 Å². The van der Waals surface area contributed by atoms with Crippen LogP contribution in [0.5, 0.6) is 5.75 Å². The summed E-state index contributed by atoms with van der Waals surface area (Å²) in [5.41, 5.74) is 1.78. The summed E-state index contributed by atoms with van der Waals surface area (Å²) in [5, 5.41) is 4.78. The molecule has 2 atom stereocenters. The standard InChI is InChI=1S/C23H25FN6O3/c1-14-9-28(10-15(2)33-14)11-16-6-19-21(25-8-16)29(23(31)30-22(19)26-13-27-30)12-17-4-5-18(32-3)7-20(17)24/h4-8,13-15H,9-12H2,1-3H3/t14-,15+. The molecule has 0 bridgehead atoms. The lowest BCUT2D eigenvalue weighted by Gasteiger charge is -2.35. The van der Waals surface area contributed by atoms with Gasteiger partial charge < -0.3 is 9.47 Å². The topological polar surface area (TPSA) is 86.8 Å². The highest BCUT2D eigenvalue weighted by Crippen LogP contribution is 2.22. The average Bonchev–Trinajstić information content (AvgIpc) is 3.27. The number of fused-ring (bicyclic) bond motifs is 3. The van der Waals surface area contributed by atoms with Crippen LogP contribution in [0.3, 0.4) is 0 Å². The number of pyridine rings is 1. The Morgan fingerprint density at radius 3 is 2.64 bits per heavy atom. The lowest BCUT2D eigenvalue weighted by atomic mass is 10.1. The van der Waals surface area contributed by atoms with Gasteiger partial charge in [-0.3, -0.25) is 9.47 Å². The number of hydrogen-bond donors (Lipinski definition) is 0. The molecule has 1 fully saturated rings. The van der Waals surface area contributed by atoms with Crippen LogP contribution >= 0.6 is 0 Å². The minimum Gasteiger partial charge on any atom is -0.497 e. The van der Waals surface area contributed by atoms with E-state index >= 15 is 0 Å². The SMILES string of the molecule is COc1ccc(Cn2c(=O)n3ncnc3c3cc(CN4C[C@@H](C)O[C@@H](C)C4)cnc32)c(F)c1. The maximum absolute atomic E-state index is 14.6. The normalized spacial score (nSPS) is 19.4. The van der Waals surface area contributed by atoms with Gasteiger partial charge in [-0.25, -0.2) is 19.2 Å². The summed E-state index contributed by atoms with van der Waals surface area (Å²) < 4.78 is 28.2. The van der Waals surface area contributed by atoms with Gasteiger partial charge in [0.2, 0.25) is 0 Å². The summed E-state index contributed by atoms with van der Waals surface area (Å²) in [6.07, 6.45) is 3.43. The molecule has 0 N–H and O–H groups in total. The molecular weight excluding hydrogens is 427 g/mol. The van der Waals surface area contributed by atoms with E-state index in [0.29, 0.717) is 34.5 Å². The quantitative estimate of drug-likeness (QED) is 0.459. The van der Waals surface area contributed by atoms with Crippen molar-refractivity contribution in [3.8, 4) is 5.75 Å². The number of aromatic nitrogens is 5. The summed E-state index contributed by atoms with van der Waals surface area (Å²) in [7, 11) is 1.48. The van der Waals surface area contributed by atoms with Crippen molar-refractivity contribution in [1.82, 2.24) is 29.0 Å². The molecule has 4 heterocycles. The van der Waals surface area contributed by atoms with Crippen LogP contribution in [0.1, 0.15) is 25.0 Å². The third kappa shape index (κ3) is 4.07. The lowest BCUT2D eigenvalue weighted by molar-refractivity contribution is -0.0705. The molecule has 0 aliphatic carbocycles. The van der Waals surface area contributed by atoms with Crippen LogP contribution < -0.4 is 10.4 Å². The van der Waals surface area contributed by atoms with Crippen molar-refractivity contribution < 1.29 is 13.9 Å². The largest absolute Gasteiger partial charge is 0.497 e. The number of benzene rings is 1. The third-order valence-corrected chi connectivity index (χ3v) is 5.87. The summed E-state index contributed by atoms with van der Waals surface area (Å²) in [4.78, 5) is 24.3. The first kappa shape index (κ1) is 21.5. The Hall–Kier alpha value is -3.37. The van der Waals surface area contributed by atoms with Crippen molar-refractivity contribution in [2.24, 2.45) is 0 Å². The summed E-state index contributed by atoms with van der Waals surface area (Å²) >= 11 is 0. The molecule has 33 heavy (non-hydrogen) atoms. The zero-order valence-corrected chi connectivity index (χ0v) is 18.7.